The number of hydrogen-bond donors (Lipinski definition) is 1. The molecule has 0 saturated heterocycles. The molecular weight excluding hydrogens is 335 g/mol. The summed E-state index contributed by atoms with van der Waals surface area (Å²) in [6, 6.07) is 6.93. The van der Waals surface area contributed by atoms with E-state index in [0.717, 1.165) is 23.4 Å². The van der Waals surface area contributed by atoms with Crippen molar-refractivity contribution in [3.8, 4) is 5.75 Å². The Morgan fingerprint density at radius 3 is 2.71 bits per heavy atom. The Hall–Kier alpha value is -1.46. The third kappa shape index (κ3) is 4.02. The van der Waals surface area contributed by atoms with Gasteiger partial charge < -0.3 is 10.1 Å². The van der Waals surface area contributed by atoms with Gasteiger partial charge in [0.15, 0.2) is 0 Å². The average molecular weight is 353 g/mol. The monoisotopic (exact) mass is 352 g/mol. The van der Waals surface area contributed by atoms with Crippen LogP contribution in [0.2, 0.25) is 0 Å². The van der Waals surface area contributed by atoms with Crippen LogP contribution >= 0.6 is 15.9 Å². The molecule has 1 aromatic carbocycles. The lowest BCUT2D eigenvalue weighted by atomic mass is 10.00. The number of rotatable bonds is 6. The van der Waals surface area contributed by atoms with Gasteiger partial charge in [0.2, 0.25) is 0 Å². The lowest BCUT2D eigenvalue weighted by Gasteiger charge is -2.19. The number of hydrogen-bond acceptors (Lipinski definition) is 3. The third-order valence-corrected chi connectivity index (χ3v) is 3.67. The SMILES string of the molecule is CCNC(c1cncc(OCC)c1)c1ccc(F)c(Br)c1. The van der Waals surface area contributed by atoms with Gasteiger partial charge in [-0.2, -0.15) is 0 Å². The lowest BCUT2D eigenvalue weighted by Crippen LogP contribution is -2.22. The zero-order valence-corrected chi connectivity index (χ0v) is 13.7. The molecule has 0 aliphatic rings. The van der Waals surface area contributed by atoms with Gasteiger partial charge in [0.05, 0.1) is 23.3 Å². The van der Waals surface area contributed by atoms with Gasteiger partial charge in [-0.05, 0) is 58.7 Å². The first-order chi connectivity index (χ1) is 10.2. The molecule has 21 heavy (non-hydrogen) atoms. The van der Waals surface area contributed by atoms with E-state index in [2.05, 4.69) is 26.2 Å². The van der Waals surface area contributed by atoms with Crippen LogP contribution in [0.5, 0.6) is 5.75 Å². The predicted octanol–water partition coefficient (Wildman–Crippen LogP) is 4.08. The minimum absolute atomic E-state index is 0.0557. The molecule has 1 aromatic heterocycles. The van der Waals surface area contributed by atoms with E-state index in [4.69, 9.17) is 4.74 Å². The van der Waals surface area contributed by atoms with Crippen molar-refractivity contribution in [1.29, 1.82) is 0 Å². The first kappa shape index (κ1) is 15.9. The molecule has 3 nitrogen and oxygen atoms in total. The van der Waals surface area contributed by atoms with E-state index >= 15 is 0 Å². The molecule has 2 rings (SSSR count). The van der Waals surface area contributed by atoms with E-state index < -0.39 is 0 Å². The van der Waals surface area contributed by atoms with Crippen molar-refractivity contribution in [2.45, 2.75) is 19.9 Å². The van der Waals surface area contributed by atoms with E-state index in [1.165, 1.54) is 6.07 Å². The van der Waals surface area contributed by atoms with Crippen molar-refractivity contribution in [2.24, 2.45) is 0 Å². The van der Waals surface area contributed by atoms with Crippen molar-refractivity contribution in [3.63, 3.8) is 0 Å². The first-order valence-electron chi connectivity index (χ1n) is 6.91. The van der Waals surface area contributed by atoms with Crippen LogP contribution < -0.4 is 10.1 Å². The van der Waals surface area contributed by atoms with Crippen LogP contribution in [0.15, 0.2) is 41.1 Å². The summed E-state index contributed by atoms with van der Waals surface area (Å²) in [4.78, 5) is 4.22. The Kier molecular flexibility index (Phi) is 5.70. The molecule has 0 spiro atoms. The molecule has 112 valence electrons. The molecule has 1 atom stereocenters. The largest absolute Gasteiger partial charge is 0.492 e. The van der Waals surface area contributed by atoms with E-state index in [-0.39, 0.29) is 11.9 Å². The molecular formula is C16H18BrFN2O. The maximum Gasteiger partial charge on any atom is 0.137 e. The van der Waals surface area contributed by atoms with Crippen LogP contribution in [0.4, 0.5) is 4.39 Å². The molecule has 2 aromatic rings. The van der Waals surface area contributed by atoms with Crippen LogP contribution in [0.25, 0.3) is 0 Å². The van der Waals surface area contributed by atoms with Crippen molar-refractivity contribution in [3.05, 3.63) is 58.1 Å². The van der Waals surface area contributed by atoms with Crippen molar-refractivity contribution < 1.29 is 9.13 Å². The summed E-state index contributed by atoms with van der Waals surface area (Å²) in [6.45, 7) is 5.36. The molecule has 0 radical (unpaired) electrons. The smallest absolute Gasteiger partial charge is 0.137 e. The fourth-order valence-corrected chi connectivity index (χ4v) is 2.56. The summed E-state index contributed by atoms with van der Waals surface area (Å²) >= 11 is 3.23. The summed E-state index contributed by atoms with van der Waals surface area (Å²) in [6.07, 6.45) is 3.49. The number of nitrogens with one attached hydrogen (secondary N) is 1. The highest BCUT2D eigenvalue weighted by atomic mass is 79.9. The normalized spacial score (nSPS) is 12.2. The number of ether oxygens (including phenoxy) is 1. The fourth-order valence-electron chi connectivity index (χ4n) is 2.16. The third-order valence-electron chi connectivity index (χ3n) is 3.06. The van der Waals surface area contributed by atoms with E-state index in [1.54, 1.807) is 24.5 Å². The van der Waals surface area contributed by atoms with Crippen LogP contribution in [0, 0.1) is 5.82 Å². The van der Waals surface area contributed by atoms with Gasteiger partial charge in [-0.25, -0.2) is 4.39 Å². The van der Waals surface area contributed by atoms with Gasteiger partial charge in [-0.3, -0.25) is 4.98 Å². The van der Waals surface area contributed by atoms with Gasteiger partial charge in [-0.1, -0.05) is 13.0 Å². The van der Waals surface area contributed by atoms with Crippen molar-refractivity contribution >= 4 is 15.9 Å². The second-order valence-electron chi connectivity index (χ2n) is 4.55. The number of aromatic nitrogens is 1. The molecule has 0 aliphatic heterocycles. The summed E-state index contributed by atoms with van der Waals surface area (Å²) in [5.41, 5.74) is 1.96. The van der Waals surface area contributed by atoms with Crippen molar-refractivity contribution in [1.82, 2.24) is 10.3 Å². The Bertz CT molecular complexity index is 607. The quantitative estimate of drug-likeness (QED) is 0.850. The minimum Gasteiger partial charge on any atom is -0.492 e. The zero-order chi connectivity index (χ0) is 15.2. The number of pyridine rings is 1. The summed E-state index contributed by atoms with van der Waals surface area (Å²) < 4.78 is 19.4. The molecule has 0 aliphatic carbocycles. The van der Waals surface area contributed by atoms with Gasteiger partial charge in [0, 0.05) is 6.20 Å². The standard InChI is InChI=1S/C16H18BrFN2O/c1-3-20-16(11-5-6-15(18)14(17)8-11)12-7-13(21-4-2)10-19-9-12/h5-10,16,20H,3-4H2,1-2H3. The van der Waals surface area contributed by atoms with Crippen LogP contribution in [0.3, 0.4) is 0 Å². The topological polar surface area (TPSA) is 34.2 Å². The molecule has 0 bridgehead atoms. The van der Waals surface area contributed by atoms with Gasteiger partial charge in [0.25, 0.3) is 0 Å². The Labute approximate surface area is 132 Å². The molecule has 1 heterocycles. The fraction of sp³-hybridized carbons (Fsp3) is 0.312. The highest BCUT2D eigenvalue weighted by Crippen LogP contribution is 2.27. The van der Waals surface area contributed by atoms with Gasteiger partial charge >= 0.3 is 0 Å². The molecule has 0 amide bonds. The molecule has 0 saturated carbocycles. The second-order valence-corrected chi connectivity index (χ2v) is 5.41. The molecule has 1 unspecified atom stereocenters. The summed E-state index contributed by atoms with van der Waals surface area (Å²) in [5, 5.41) is 3.39. The zero-order valence-electron chi connectivity index (χ0n) is 12.1. The Morgan fingerprint density at radius 2 is 2.05 bits per heavy atom. The average Bonchev–Trinajstić information content (AvgIpc) is 2.48. The predicted molar refractivity (Wildman–Crippen MR) is 85.0 cm³/mol. The molecule has 5 heteroatoms. The summed E-state index contributed by atoms with van der Waals surface area (Å²) in [7, 11) is 0. The van der Waals surface area contributed by atoms with E-state index in [0.29, 0.717) is 11.1 Å². The second kappa shape index (κ2) is 7.52. The number of halogens is 2. The van der Waals surface area contributed by atoms with Gasteiger partial charge in [0.1, 0.15) is 11.6 Å². The van der Waals surface area contributed by atoms with Crippen LogP contribution in [-0.2, 0) is 0 Å². The molecule has 0 fully saturated rings. The van der Waals surface area contributed by atoms with Crippen LogP contribution in [-0.4, -0.2) is 18.1 Å². The van der Waals surface area contributed by atoms with Gasteiger partial charge in [-0.15, -0.1) is 0 Å². The number of benzene rings is 1. The van der Waals surface area contributed by atoms with E-state index in [1.807, 2.05) is 19.9 Å². The van der Waals surface area contributed by atoms with E-state index in [9.17, 15) is 4.39 Å². The lowest BCUT2D eigenvalue weighted by molar-refractivity contribution is 0.338. The van der Waals surface area contributed by atoms with Crippen molar-refractivity contribution in [2.75, 3.05) is 13.2 Å². The minimum atomic E-state index is -0.268. The maximum absolute atomic E-state index is 13.4. The Morgan fingerprint density at radius 1 is 1.24 bits per heavy atom. The summed E-state index contributed by atoms with van der Waals surface area (Å²) in [5.74, 6) is 0.467. The van der Waals surface area contributed by atoms with Crippen LogP contribution in [0.1, 0.15) is 31.0 Å². The number of nitrogens with zero attached hydrogens (tertiary/aromatic N) is 1. The molecule has 1 N–H and O–H groups in total. The highest BCUT2D eigenvalue weighted by Gasteiger charge is 2.15. The highest BCUT2D eigenvalue weighted by molar-refractivity contribution is 9.10. The first-order valence-corrected chi connectivity index (χ1v) is 7.71. The Balaban J connectivity index is 2.37. The maximum atomic E-state index is 13.4.